The molecule has 5 nitrogen and oxygen atoms in total. The van der Waals surface area contributed by atoms with E-state index in [-0.39, 0.29) is 11.1 Å². The van der Waals surface area contributed by atoms with Crippen molar-refractivity contribution in [3.05, 3.63) is 63.9 Å². The van der Waals surface area contributed by atoms with Gasteiger partial charge < -0.3 is 9.47 Å². The summed E-state index contributed by atoms with van der Waals surface area (Å²) in [6, 6.07) is 4.96. The van der Waals surface area contributed by atoms with E-state index in [1.165, 1.54) is 12.1 Å². The van der Waals surface area contributed by atoms with Crippen LogP contribution in [-0.4, -0.2) is 34.6 Å². The number of nitrogens with zero attached hydrogens (tertiary/aromatic N) is 3. The standard InChI is InChI=1S/C21H20Cl2FN3O2/c1-13-20(29-7-5-17-18(22)2-3-19(24)21(17)23)8-14(9-25-13)15-10-26-27(11-15)16-4-6-28-12-16/h2-3,8-11,16H,4-7,12H2,1H3. The third kappa shape index (κ3) is 4.39. The minimum atomic E-state index is -0.490. The van der Waals surface area contributed by atoms with Gasteiger partial charge in [-0.15, -0.1) is 0 Å². The fraction of sp³-hybridized carbons (Fsp3) is 0.333. The first-order chi connectivity index (χ1) is 14.0. The summed E-state index contributed by atoms with van der Waals surface area (Å²) < 4.78 is 27.0. The van der Waals surface area contributed by atoms with Crippen LogP contribution in [0.1, 0.15) is 23.7 Å². The molecule has 1 fully saturated rings. The maximum atomic E-state index is 13.7. The molecule has 1 saturated heterocycles. The normalized spacial score (nSPS) is 16.3. The Kier molecular flexibility index (Phi) is 6.04. The highest BCUT2D eigenvalue weighted by Crippen LogP contribution is 2.29. The number of aryl methyl sites for hydroxylation is 1. The summed E-state index contributed by atoms with van der Waals surface area (Å²) in [4.78, 5) is 4.44. The molecule has 1 aromatic carbocycles. The molecular weight excluding hydrogens is 416 g/mol. The first kappa shape index (κ1) is 20.1. The lowest BCUT2D eigenvalue weighted by molar-refractivity contribution is 0.184. The second kappa shape index (κ2) is 8.69. The summed E-state index contributed by atoms with van der Waals surface area (Å²) in [6.07, 6.45) is 6.98. The summed E-state index contributed by atoms with van der Waals surface area (Å²) in [5.74, 6) is 0.165. The summed E-state index contributed by atoms with van der Waals surface area (Å²) in [5, 5.41) is 4.92. The second-order valence-corrected chi connectivity index (χ2v) is 7.74. The molecule has 0 amide bonds. The molecule has 3 heterocycles. The van der Waals surface area contributed by atoms with Crippen molar-refractivity contribution < 1.29 is 13.9 Å². The molecule has 2 aromatic heterocycles. The van der Waals surface area contributed by atoms with Crippen LogP contribution in [0, 0.1) is 12.7 Å². The van der Waals surface area contributed by atoms with Crippen molar-refractivity contribution in [3.8, 4) is 16.9 Å². The van der Waals surface area contributed by atoms with Gasteiger partial charge in [-0.1, -0.05) is 23.2 Å². The Morgan fingerprint density at radius 2 is 2.14 bits per heavy atom. The zero-order valence-corrected chi connectivity index (χ0v) is 17.4. The average Bonchev–Trinajstić information content (AvgIpc) is 3.40. The first-order valence-electron chi connectivity index (χ1n) is 9.37. The largest absolute Gasteiger partial charge is 0.491 e. The highest BCUT2D eigenvalue weighted by Gasteiger charge is 2.19. The van der Waals surface area contributed by atoms with Crippen LogP contribution in [0.4, 0.5) is 4.39 Å². The molecule has 0 N–H and O–H groups in total. The predicted molar refractivity (Wildman–Crippen MR) is 110 cm³/mol. The van der Waals surface area contributed by atoms with E-state index in [1.807, 2.05) is 30.1 Å². The Hall–Kier alpha value is -2.15. The Morgan fingerprint density at radius 3 is 2.93 bits per heavy atom. The fourth-order valence-corrected chi connectivity index (χ4v) is 3.86. The second-order valence-electron chi connectivity index (χ2n) is 6.95. The molecular formula is C21H20Cl2FN3O2. The SMILES string of the molecule is Cc1ncc(-c2cnn(C3CCOC3)c2)cc1OCCc1c(Cl)ccc(F)c1Cl. The van der Waals surface area contributed by atoms with E-state index in [2.05, 4.69) is 10.1 Å². The quantitative estimate of drug-likeness (QED) is 0.494. The van der Waals surface area contributed by atoms with E-state index < -0.39 is 5.82 Å². The first-order valence-corrected chi connectivity index (χ1v) is 10.1. The Labute approximate surface area is 178 Å². The lowest BCUT2D eigenvalue weighted by atomic mass is 10.1. The molecule has 3 aromatic rings. The number of ether oxygens (including phenoxy) is 2. The molecule has 152 valence electrons. The molecule has 0 bridgehead atoms. The zero-order chi connectivity index (χ0) is 20.4. The van der Waals surface area contributed by atoms with Crippen molar-refractivity contribution in [2.24, 2.45) is 0 Å². The Morgan fingerprint density at radius 1 is 1.28 bits per heavy atom. The van der Waals surface area contributed by atoms with Crippen LogP contribution in [0.15, 0.2) is 36.8 Å². The molecule has 4 rings (SSSR count). The van der Waals surface area contributed by atoms with Gasteiger partial charge in [0.15, 0.2) is 0 Å². The van der Waals surface area contributed by atoms with Crippen molar-refractivity contribution in [2.75, 3.05) is 19.8 Å². The van der Waals surface area contributed by atoms with E-state index in [1.54, 1.807) is 6.20 Å². The molecule has 1 atom stereocenters. The molecule has 1 unspecified atom stereocenters. The summed E-state index contributed by atoms with van der Waals surface area (Å²) >= 11 is 12.2. The van der Waals surface area contributed by atoms with Crippen molar-refractivity contribution in [2.45, 2.75) is 25.8 Å². The van der Waals surface area contributed by atoms with Crippen molar-refractivity contribution in [1.29, 1.82) is 0 Å². The molecule has 0 aliphatic carbocycles. The van der Waals surface area contributed by atoms with Gasteiger partial charge in [0.05, 0.1) is 36.2 Å². The molecule has 29 heavy (non-hydrogen) atoms. The van der Waals surface area contributed by atoms with Gasteiger partial charge in [0.1, 0.15) is 11.6 Å². The predicted octanol–water partition coefficient (Wildman–Crippen LogP) is 5.28. The smallest absolute Gasteiger partial charge is 0.142 e. The van der Waals surface area contributed by atoms with Crippen LogP contribution >= 0.6 is 23.2 Å². The van der Waals surface area contributed by atoms with Gasteiger partial charge in [0.2, 0.25) is 0 Å². The highest BCUT2D eigenvalue weighted by molar-refractivity contribution is 6.36. The Bertz CT molecular complexity index is 1020. The number of benzene rings is 1. The molecule has 0 radical (unpaired) electrons. The van der Waals surface area contributed by atoms with Crippen LogP contribution in [0.5, 0.6) is 5.75 Å². The van der Waals surface area contributed by atoms with Crippen LogP contribution in [-0.2, 0) is 11.2 Å². The van der Waals surface area contributed by atoms with Gasteiger partial charge in [0, 0.05) is 41.6 Å². The van der Waals surface area contributed by atoms with E-state index in [0.29, 0.717) is 36.0 Å². The van der Waals surface area contributed by atoms with Gasteiger partial charge in [-0.05, 0) is 37.1 Å². The molecule has 1 aliphatic heterocycles. The topological polar surface area (TPSA) is 49.2 Å². The van der Waals surface area contributed by atoms with Crippen molar-refractivity contribution in [3.63, 3.8) is 0 Å². The van der Waals surface area contributed by atoms with E-state index in [9.17, 15) is 4.39 Å². The number of aromatic nitrogens is 3. The van der Waals surface area contributed by atoms with Crippen molar-refractivity contribution >= 4 is 23.2 Å². The summed E-state index contributed by atoms with van der Waals surface area (Å²) in [6.45, 7) is 3.63. The molecule has 8 heteroatoms. The van der Waals surface area contributed by atoms with E-state index >= 15 is 0 Å². The van der Waals surface area contributed by atoms with Gasteiger partial charge in [-0.2, -0.15) is 5.10 Å². The highest BCUT2D eigenvalue weighted by atomic mass is 35.5. The van der Waals surface area contributed by atoms with Crippen LogP contribution < -0.4 is 4.74 Å². The monoisotopic (exact) mass is 435 g/mol. The lowest BCUT2D eigenvalue weighted by Crippen LogP contribution is -2.08. The molecule has 0 spiro atoms. The van der Waals surface area contributed by atoms with Crippen LogP contribution in [0.3, 0.4) is 0 Å². The third-order valence-corrected chi connectivity index (χ3v) is 5.77. The number of pyridine rings is 1. The van der Waals surface area contributed by atoms with Gasteiger partial charge in [-0.3, -0.25) is 9.67 Å². The minimum Gasteiger partial charge on any atom is -0.491 e. The van der Waals surface area contributed by atoms with E-state index in [0.717, 1.165) is 29.8 Å². The molecule has 1 aliphatic rings. The maximum Gasteiger partial charge on any atom is 0.142 e. The lowest BCUT2D eigenvalue weighted by Gasteiger charge is -2.12. The van der Waals surface area contributed by atoms with Gasteiger partial charge in [0.25, 0.3) is 0 Å². The fourth-order valence-electron chi connectivity index (χ4n) is 3.30. The third-order valence-electron chi connectivity index (χ3n) is 5.00. The Balaban J connectivity index is 1.47. The van der Waals surface area contributed by atoms with Crippen LogP contribution in [0.2, 0.25) is 10.0 Å². The van der Waals surface area contributed by atoms with Crippen LogP contribution in [0.25, 0.3) is 11.1 Å². The number of hydrogen-bond acceptors (Lipinski definition) is 4. The minimum absolute atomic E-state index is 0.0352. The molecule has 0 saturated carbocycles. The summed E-state index contributed by atoms with van der Waals surface area (Å²) in [5.41, 5.74) is 3.18. The van der Waals surface area contributed by atoms with Gasteiger partial charge in [-0.25, -0.2) is 4.39 Å². The maximum absolute atomic E-state index is 13.7. The number of rotatable bonds is 6. The average molecular weight is 436 g/mol. The number of halogens is 3. The van der Waals surface area contributed by atoms with Gasteiger partial charge >= 0.3 is 0 Å². The zero-order valence-electron chi connectivity index (χ0n) is 15.9. The van der Waals surface area contributed by atoms with E-state index in [4.69, 9.17) is 32.7 Å². The number of hydrogen-bond donors (Lipinski definition) is 0. The summed E-state index contributed by atoms with van der Waals surface area (Å²) in [7, 11) is 0. The van der Waals surface area contributed by atoms with Crippen molar-refractivity contribution in [1.82, 2.24) is 14.8 Å².